The maximum absolute atomic E-state index is 12.5. The number of carboxylic acids is 1. The first-order valence-electron chi connectivity index (χ1n) is 6.64. The van der Waals surface area contributed by atoms with Crippen LogP contribution in [0.25, 0.3) is 0 Å². The molecule has 20 heavy (non-hydrogen) atoms. The van der Waals surface area contributed by atoms with Crippen molar-refractivity contribution in [3.8, 4) is 0 Å². The summed E-state index contributed by atoms with van der Waals surface area (Å²) >= 11 is 0. The summed E-state index contributed by atoms with van der Waals surface area (Å²) in [6.45, 7) is 5.42. The van der Waals surface area contributed by atoms with Gasteiger partial charge in [0.25, 0.3) is 0 Å². The van der Waals surface area contributed by atoms with Crippen LogP contribution in [0, 0.1) is 5.92 Å². The second kappa shape index (κ2) is 6.85. The summed E-state index contributed by atoms with van der Waals surface area (Å²) in [7, 11) is -3.63. The van der Waals surface area contributed by atoms with E-state index in [1.807, 2.05) is 6.92 Å². The van der Waals surface area contributed by atoms with E-state index < -0.39 is 21.9 Å². The van der Waals surface area contributed by atoms with E-state index in [0.717, 1.165) is 12.0 Å². The van der Waals surface area contributed by atoms with Crippen LogP contribution in [0.15, 0.2) is 29.2 Å². The maximum Gasteiger partial charge on any atom is 0.307 e. The van der Waals surface area contributed by atoms with Crippen LogP contribution in [0.4, 0.5) is 0 Å². The van der Waals surface area contributed by atoms with Crippen molar-refractivity contribution in [3.63, 3.8) is 0 Å². The number of nitrogens with zero attached hydrogens (tertiary/aromatic N) is 1. The highest BCUT2D eigenvalue weighted by Crippen LogP contribution is 2.18. The number of benzene rings is 1. The second-order valence-corrected chi connectivity index (χ2v) is 6.63. The fourth-order valence-electron chi connectivity index (χ4n) is 1.83. The number of rotatable bonds is 7. The molecule has 1 aromatic rings. The van der Waals surface area contributed by atoms with E-state index in [9.17, 15) is 13.2 Å². The molecule has 5 nitrogen and oxygen atoms in total. The Morgan fingerprint density at radius 2 is 1.80 bits per heavy atom. The van der Waals surface area contributed by atoms with E-state index in [1.165, 1.54) is 11.2 Å². The largest absolute Gasteiger partial charge is 0.481 e. The molecule has 0 aliphatic carbocycles. The third-order valence-corrected chi connectivity index (χ3v) is 5.18. The first-order chi connectivity index (χ1) is 9.32. The van der Waals surface area contributed by atoms with Crippen molar-refractivity contribution in [2.24, 2.45) is 5.92 Å². The van der Waals surface area contributed by atoms with Crippen LogP contribution in [0.3, 0.4) is 0 Å². The van der Waals surface area contributed by atoms with Crippen LogP contribution in [0.1, 0.15) is 26.3 Å². The van der Waals surface area contributed by atoms with Crippen LogP contribution in [0.2, 0.25) is 0 Å². The zero-order valence-electron chi connectivity index (χ0n) is 12.0. The first-order valence-corrected chi connectivity index (χ1v) is 8.08. The van der Waals surface area contributed by atoms with Crippen molar-refractivity contribution in [2.45, 2.75) is 32.1 Å². The molecule has 0 spiro atoms. The Morgan fingerprint density at radius 1 is 1.25 bits per heavy atom. The molecule has 1 unspecified atom stereocenters. The van der Waals surface area contributed by atoms with Crippen molar-refractivity contribution in [3.05, 3.63) is 29.8 Å². The zero-order chi connectivity index (χ0) is 15.3. The molecule has 1 rings (SSSR count). The van der Waals surface area contributed by atoms with Gasteiger partial charge in [0.2, 0.25) is 10.0 Å². The molecule has 0 aromatic heterocycles. The van der Waals surface area contributed by atoms with Gasteiger partial charge in [0.15, 0.2) is 0 Å². The Bertz CT molecular complexity index is 551. The van der Waals surface area contributed by atoms with Crippen LogP contribution in [0.5, 0.6) is 0 Å². The Morgan fingerprint density at radius 3 is 2.20 bits per heavy atom. The minimum absolute atomic E-state index is 0.0241. The van der Waals surface area contributed by atoms with E-state index in [2.05, 4.69) is 0 Å². The van der Waals surface area contributed by atoms with Gasteiger partial charge in [0.1, 0.15) is 0 Å². The summed E-state index contributed by atoms with van der Waals surface area (Å²) in [5, 5.41) is 8.91. The SMILES string of the molecule is CCc1ccc(S(=O)(=O)N(CC)CC(C)C(=O)O)cc1. The lowest BCUT2D eigenvalue weighted by Crippen LogP contribution is -2.36. The van der Waals surface area contributed by atoms with E-state index in [0.29, 0.717) is 0 Å². The average molecular weight is 299 g/mol. The maximum atomic E-state index is 12.5. The number of hydrogen-bond donors (Lipinski definition) is 1. The number of aryl methyl sites for hydroxylation is 1. The molecule has 0 amide bonds. The van der Waals surface area contributed by atoms with Gasteiger partial charge < -0.3 is 5.11 Å². The molecule has 0 heterocycles. The number of carboxylic acid groups (broad SMARTS) is 1. The molecule has 0 saturated carbocycles. The van der Waals surface area contributed by atoms with Gasteiger partial charge in [-0.1, -0.05) is 32.9 Å². The van der Waals surface area contributed by atoms with Crippen molar-refractivity contribution in [1.29, 1.82) is 0 Å². The topological polar surface area (TPSA) is 74.7 Å². The molecular weight excluding hydrogens is 278 g/mol. The van der Waals surface area contributed by atoms with Crippen molar-refractivity contribution < 1.29 is 18.3 Å². The van der Waals surface area contributed by atoms with Crippen molar-refractivity contribution >= 4 is 16.0 Å². The van der Waals surface area contributed by atoms with Crippen LogP contribution >= 0.6 is 0 Å². The Kier molecular flexibility index (Phi) is 5.71. The van der Waals surface area contributed by atoms with Gasteiger partial charge in [-0.05, 0) is 24.1 Å². The molecule has 112 valence electrons. The molecule has 0 aliphatic rings. The number of carbonyl (C=O) groups is 1. The Balaban J connectivity index is 3.01. The highest BCUT2D eigenvalue weighted by molar-refractivity contribution is 7.89. The minimum atomic E-state index is -3.63. The fraction of sp³-hybridized carbons (Fsp3) is 0.500. The molecule has 1 atom stereocenters. The van der Waals surface area contributed by atoms with E-state index in [-0.39, 0.29) is 18.0 Å². The van der Waals surface area contributed by atoms with Gasteiger partial charge in [0.05, 0.1) is 10.8 Å². The zero-order valence-corrected chi connectivity index (χ0v) is 12.9. The summed E-state index contributed by atoms with van der Waals surface area (Å²) < 4.78 is 26.1. The lowest BCUT2D eigenvalue weighted by molar-refractivity contribution is -0.141. The molecule has 1 aromatic carbocycles. The lowest BCUT2D eigenvalue weighted by atomic mass is 10.2. The fourth-order valence-corrected chi connectivity index (χ4v) is 3.36. The van der Waals surface area contributed by atoms with Gasteiger partial charge in [-0.3, -0.25) is 4.79 Å². The quantitative estimate of drug-likeness (QED) is 0.835. The molecule has 0 aliphatic heterocycles. The van der Waals surface area contributed by atoms with Gasteiger partial charge >= 0.3 is 5.97 Å². The third-order valence-electron chi connectivity index (χ3n) is 3.22. The Hall–Kier alpha value is -1.40. The number of sulfonamides is 1. The highest BCUT2D eigenvalue weighted by atomic mass is 32.2. The average Bonchev–Trinajstić information content (AvgIpc) is 2.44. The number of hydrogen-bond acceptors (Lipinski definition) is 3. The lowest BCUT2D eigenvalue weighted by Gasteiger charge is -2.22. The van der Waals surface area contributed by atoms with E-state index in [4.69, 9.17) is 5.11 Å². The summed E-state index contributed by atoms with van der Waals surface area (Å²) in [4.78, 5) is 11.1. The first kappa shape index (κ1) is 16.7. The van der Waals surface area contributed by atoms with Crippen LogP contribution in [-0.2, 0) is 21.2 Å². The van der Waals surface area contributed by atoms with Gasteiger partial charge in [0, 0.05) is 13.1 Å². The predicted molar refractivity (Wildman–Crippen MR) is 77.1 cm³/mol. The van der Waals surface area contributed by atoms with E-state index >= 15 is 0 Å². The minimum Gasteiger partial charge on any atom is -0.481 e. The van der Waals surface area contributed by atoms with Crippen molar-refractivity contribution in [2.75, 3.05) is 13.1 Å². The summed E-state index contributed by atoms with van der Waals surface area (Å²) in [5.41, 5.74) is 1.06. The molecule has 0 radical (unpaired) electrons. The summed E-state index contributed by atoms with van der Waals surface area (Å²) in [6.07, 6.45) is 0.841. The van der Waals surface area contributed by atoms with Gasteiger partial charge in [-0.25, -0.2) is 8.42 Å². The highest BCUT2D eigenvalue weighted by Gasteiger charge is 2.26. The summed E-state index contributed by atoms with van der Waals surface area (Å²) in [6, 6.07) is 6.70. The Labute approximate surface area is 120 Å². The molecule has 6 heteroatoms. The smallest absolute Gasteiger partial charge is 0.307 e. The van der Waals surface area contributed by atoms with Crippen molar-refractivity contribution in [1.82, 2.24) is 4.31 Å². The monoisotopic (exact) mass is 299 g/mol. The van der Waals surface area contributed by atoms with Crippen LogP contribution in [-0.4, -0.2) is 36.9 Å². The van der Waals surface area contributed by atoms with E-state index in [1.54, 1.807) is 31.2 Å². The molecule has 0 bridgehead atoms. The normalized spacial score (nSPS) is 13.4. The summed E-state index contributed by atoms with van der Waals surface area (Å²) in [5.74, 6) is -1.74. The van der Waals surface area contributed by atoms with Gasteiger partial charge in [-0.15, -0.1) is 0 Å². The standard InChI is InChI=1S/C14H21NO4S/c1-4-12-6-8-13(9-7-12)20(18,19)15(5-2)10-11(3)14(16)17/h6-9,11H,4-5,10H2,1-3H3,(H,16,17). The molecular formula is C14H21NO4S. The second-order valence-electron chi connectivity index (χ2n) is 4.69. The predicted octanol–water partition coefficient (Wildman–Crippen LogP) is 1.98. The molecule has 0 fully saturated rings. The molecule has 1 N–H and O–H groups in total. The van der Waals surface area contributed by atoms with Gasteiger partial charge in [-0.2, -0.15) is 4.31 Å². The number of aliphatic carboxylic acids is 1. The van der Waals surface area contributed by atoms with Crippen LogP contribution < -0.4 is 0 Å². The molecule has 0 saturated heterocycles. The third kappa shape index (κ3) is 3.80.